The third kappa shape index (κ3) is 4.03. The number of hydrogen-bond donors (Lipinski definition) is 1. The van der Waals surface area contributed by atoms with Crippen molar-refractivity contribution in [3.8, 4) is 0 Å². The predicted molar refractivity (Wildman–Crippen MR) is 137 cm³/mol. The fourth-order valence-electron chi connectivity index (χ4n) is 4.95. The molecule has 1 fully saturated rings. The van der Waals surface area contributed by atoms with Gasteiger partial charge in [0, 0.05) is 22.3 Å². The highest BCUT2D eigenvalue weighted by atomic mass is 35.5. The fourth-order valence-corrected chi connectivity index (χ4v) is 5.07. The van der Waals surface area contributed by atoms with Crippen LogP contribution in [0.3, 0.4) is 0 Å². The Hall–Kier alpha value is -3.38. The van der Waals surface area contributed by atoms with Gasteiger partial charge >= 0.3 is 6.03 Å². The summed E-state index contributed by atoms with van der Waals surface area (Å²) in [6.07, 6.45) is 3.80. The second-order valence-electron chi connectivity index (χ2n) is 9.60. The smallest absolute Gasteiger partial charge is 0.335 e. The highest BCUT2D eigenvalue weighted by molar-refractivity contribution is 6.39. The molecule has 0 unspecified atom stereocenters. The molecule has 2 aromatic carbocycles. The van der Waals surface area contributed by atoms with Gasteiger partial charge in [-0.25, -0.2) is 9.69 Å². The van der Waals surface area contributed by atoms with Gasteiger partial charge in [-0.15, -0.1) is 0 Å². The minimum atomic E-state index is -0.787. The summed E-state index contributed by atoms with van der Waals surface area (Å²) >= 11 is 5.94. The van der Waals surface area contributed by atoms with Crippen LogP contribution in [0, 0.1) is 6.92 Å². The van der Waals surface area contributed by atoms with Crippen molar-refractivity contribution in [1.82, 2.24) is 5.32 Å². The molecule has 34 heavy (non-hydrogen) atoms. The topological polar surface area (TPSA) is 69.7 Å². The molecule has 2 aromatic rings. The summed E-state index contributed by atoms with van der Waals surface area (Å²) in [4.78, 5) is 41.7. The second kappa shape index (κ2) is 8.44. The van der Waals surface area contributed by atoms with Gasteiger partial charge in [-0.1, -0.05) is 17.7 Å². The van der Waals surface area contributed by atoms with E-state index >= 15 is 0 Å². The van der Waals surface area contributed by atoms with Gasteiger partial charge < -0.3 is 4.90 Å². The van der Waals surface area contributed by atoms with Crippen LogP contribution >= 0.6 is 11.6 Å². The Balaban J connectivity index is 1.80. The zero-order valence-electron chi connectivity index (χ0n) is 20.2. The largest absolute Gasteiger partial charge is 0.360 e. The standard InChI is InChI=1S/C27H28ClN3O3/c1-15(2)31-23-11-16(3)18(12-21(23)17(4)14-27(31,5)6)13-22-24(32)29-26(34)30(25(22)33)20-9-7-19(28)8-10-20/h7-15H,1-6H3,(H,29,32,34)/b22-13+. The number of fused-ring (bicyclic) bond motifs is 1. The molecule has 6 nitrogen and oxygen atoms in total. The quantitative estimate of drug-likeness (QED) is 0.453. The van der Waals surface area contributed by atoms with Gasteiger partial charge in [0.15, 0.2) is 0 Å². The molecule has 4 amide bonds. The number of allylic oxidation sites excluding steroid dienone is 1. The Bertz CT molecular complexity index is 1270. The molecular formula is C27H28ClN3O3. The van der Waals surface area contributed by atoms with Gasteiger partial charge in [0.2, 0.25) is 0 Å². The van der Waals surface area contributed by atoms with E-state index in [1.54, 1.807) is 30.3 Å². The van der Waals surface area contributed by atoms with Crippen molar-refractivity contribution in [2.24, 2.45) is 0 Å². The lowest BCUT2D eigenvalue weighted by Crippen LogP contribution is -2.54. The molecule has 2 heterocycles. The number of nitrogens with zero attached hydrogens (tertiary/aromatic N) is 2. The SMILES string of the molecule is CC1=CC(C)(C)N(C(C)C)c2cc(C)c(/C=C3\C(=O)NC(=O)N(c4ccc(Cl)cc4)C3=O)cc21. The summed E-state index contributed by atoms with van der Waals surface area (Å²) in [5.74, 6) is -1.39. The molecule has 0 atom stereocenters. The Kier molecular flexibility index (Phi) is 5.90. The maximum absolute atomic E-state index is 13.3. The first-order valence-corrected chi connectivity index (χ1v) is 11.6. The number of carbonyl (C=O) groups is 3. The van der Waals surface area contributed by atoms with E-state index < -0.39 is 17.8 Å². The monoisotopic (exact) mass is 477 g/mol. The van der Waals surface area contributed by atoms with Crippen molar-refractivity contribution in [3.05, 3.63) is 69.8 Å². The number of anilines is 2. The Morgan fingerprint density at radius 3 is 2.29 bits per heavy atom. The van der Waals surface area contributed by atoms with Crippen LogP contribution < -0.4 is 15.1 Å². The molecule has 0 radical (unpaired) electrons. The molecule has 7 heteroatoms. The number of imide groups is 2. The molecule has 0 saturated carbocycles. The van der Waals surface area contributed by atoms with E-state index in [9.17, 15) is 14.4 Å². The normalized spacial score (nSPS) is 18.9. The second-order valence-corrected chi connectivity index (χ2v) is 10.0. The maximum atomic E-state index is 13.3. The number of barbiturate groups is 1. The number of aryl methyl sites for hydroxylation is 1. The number of amides is 4. The van der Waals surface area contributed by atoms with Crippen molar-refractivity contribution < 1.29 is 14.4 Å². The zero-order chi connectivity index (χ0) is 24.9. The third-order valence-electron chi connectivity index (χ3n) is 6.26. The van der Waals surface area contributed by atoms with Crippen LogP contribution in [0.25, 0.3) is 11.6 Å². The summed E-state index contributed by atoms with van der Waals surface area (Å²) < 4.78 is 0. The molecular weight excluding hydrogens is 450 g/mol. The van der Waals surface area contributed by atoms with E-state index in [0.717, 1.165) is 32.9 Å². The minimum absolute atomic E-state index is 0.101. The van der Waals surface area contributed by atoms with Crippen LogP contribution in [0.15, 0.2) is 48.0 Å². The van der Waals surface area contributed by atoms with Crippen LogP contribution in [0.4, 0.5) is 16.2 Å². The van der Waals surface area contributed by atoms with Crippen LogP contribution in [-0.2, 0) is 9.59 Å². The fraction of sp³-hybridized carbons (Fsp3) is 0.296. The number of urea groups is 1. The van der Waals surface area contributed by atoms with Crippen LogP contribution in [-0.4, -0.2) is 29.4 Å². The van der Waals surface area contributed by atoms with Gasteiger partial charge in [-0.05, 0) is 101 Å². The van der Waals surface area contributed by atoms with Crippen molar-refractivity contribution in [3.63, 3.8) is 0 Å². The first kappa shape index (κ1) is 23.8. The number of rotatable bonds is 3. The first-order valence-electron chi connectivity index (χ1n) is 11.2. The molecule has 0 bridgehead atoms. The number of carbonyl (C=O) groups excluding carboxylic acids is 3. The summed E-state index contributed by atoms with van der Waals surface area (Å²) in [5.41, 5.74) is 5.08. The minimum Gasteiger partial charge on any atom is -0.360 e. The molecule has 0 aromatic heterocycles. The van der Waals surface area contributed by atoms with Crippen molar-refractivity contribution >= 4 is 52.5 Å². The number of nitrogens with one attached hydrogen (secondary N) is 1. The molecule has 2 aliphatic rings. The molecule has 1 saturated heterocycles. The van der Waals surface area contributed by atoms with Gasteiger partial charge in [0.25, 0.3) is 11.8 Å². The molecule has 0 aliphatic carbocycles. The van der Waals surface area contributed by atoms with E-state index in [1.165, 1.54) is 0 Å². The van der Waals surface area contributed by atoms with E-state index in [-0.39, 0.29) is 17.2 Å². The molecule has 1 N–H and O–H groups in total. The van der Waals surface area contributed by atoms with E-state index in [4.69, 9.17) is 11.6 Å². The summed E-state index contributed by atoms with van der Waals surface area (Å²) in [6, 6.07) is 9.91. The predicted octanol–water partition coefficient (Wildman–Crippen LogP) is 5.73. The Morgan fingerprint density at radius 2 is 1.68 bits per heavy atom. The molecule has 176 valence electrons. The maximum Gasteiger partial charge on any atom is 0.335 e. The lowest BCUT2D eigenvalue weighted by molar-refractivity contribution is -0.122. The third-order valence-corrected chi connectivity index (χ3v) is 6.51. The lowest BCUT2D eigenvalue weighted by atomic mass is 9.85. The number of halogens is 1. The van der Waals surface area contributed by atoms with Crippen LogP contribution in [0.2, 0.25) is 5.02 Å². The average molecular weight is 478 g/mol. The zero-order valence-corrected chi connectivity index (χ0v) is 20.9. The van der Waals surface area contributed by atoms with Crippen LogP contribution in [0.1, 0.15) is 51.3 Å². The van der Waals surface area contributed by atoms with Gasteiger partial charge in [0.1, 0.15) is 5.57 Å². The van der Waals surface area contributed by atoms with Crippen molar-refractivity contribution in [1.29, 1.82) is 0 Å². The Morgan fingerprint density at radius 1 is 1.03 bits per heavy atom. The average Bonchev–Trinajstić information content (AvgIpc) is 2.72. The van der Waals surface area contributed by atoms with E-state index in [0.29, 0.717) is 10.7 Å². The van der Waals surface area contributed by atoms with Crippen molar-refractivity contribution in [2.45, 2.75) is 53.1 Å². The van der Waals surface area contributed by atoms with E-state index in [2.05, 4.69) is 57.0 Å². The van der Waals surface area contributed by atoms with E-state index in [1.807, 2.05) is 13.0 Å². The van der Waals surface area contributed by atoms with Gasteiger partial charge in [-0.3, -0.25) is 14.9 Å². The summed E-state index contributed by atoms with van der Waals surface area (Å²) in [6.45, 7) is 12.7. The van der Waals surface area contributed by atoms with Crippen molar-refractivity contribution in [2.75, 3.05) is 9.80 Å². The number of benzene rings is 2. The molecule has 4 rings (SSSR count). The number of hydrogen-bond acceptors (Lipinski definition) is 4. The van der Waals surface area contributed by atoms with Gasteiger partial charge in [-0.2, -0.15) is 0 Å². The molecule has 0 spiro atoms. The van der Waals surface area contributed by atoms with Gasteiger partial charge in [0.05, 0.1) is 11.2 Å². The van der Waals surface area contributed by atoms with Crippen LogP contribution in [0.5, 0.6) is 0 Å². The Labute approximate surface area is 204 Å². The summed E-state index contributed by atoms with van der Waals surface area (Å²) in [7, 11) is 0. The highest BCUT2D eigenvalue weighted by Gasteiger charge is 2.37. The highest BCUT2D eigenvalue weighted by Crippen LogP contribution is 2.42. The molecule has 2 aliphatic heterocycles. The summed E-state index contributed by atoms with van der Waals surface area (Å²) in [5, 5.41) is 2.75. The first-order chi connectivity index (χ1) is 15.9. The lowest BCUT2D eigenvalue weighted by Gasteiger charge is -2.46.